The van der Waals surface area contributed by atoms with Gasteiger partial charge in [0.15, 0.2) is 5.13 Å². The van der Waals surface area contributed by atoms with Crippen LogP contribution in [-0.2, 0) is 6.54 Å². The molecule has 0 aliphatic heterocycles. The van der Waals surface area contributed by atoms with Crippen molar-refractivity contribution >= 4 is 32.6 Å². The molecule has 0 spiro atoms. The van der Waals surface area contributed by atoms with Crippen LogP contribution in [0.1, 0.15) is 41.6 Å². The Balaban J connectivity index is 1.79. The van der Waals surface area contributed by atoms with E-state index >= 15 is 0 Å². The van der Waals surface area contributed by atoms with Crippen molar-refractivity contribution in [1.82, 2.24) is 19.7 Å². The molecule has 30 heavy (non-hydrogen) atoms. The van der Waals surface area contributed by atoms with Crippen LogP contribution < -0.4 is 9.64 Å². The number of hydrogen-bond acceptors (Lipinski definition) is 6. The molecule has 4 rings (SSSR count). The number of pyridine rings is 1. The van der Waals surface area contributed by atoms with Crippen LogP contribution in [0, 0.1) is 6.92 Å². The van der Waals surface area contributed by atoms with Gasteiger partial charge >= 0.3 is 0 Å². The molecule has 0 N–H and O–H groups in total. The first-order valence-corrected chi connectivity index (χ1v) is 10.5. The van der Waals surface area contributed by atoms with E-state index in [0.29, 0.717) is 17.4 Å². The molecule has 0 saturated heterocycles. The van der Waals surface area contributed by atoms with Gasteiger partial charge in [-0.1, -0.05) is 17.4 Å². The molecule has 0 radical (unpaired) electrons. The number of amides is 1. The van der Waals surface area contributed by atoms with Gasteiger partial charge in [0.2, 0.25) is 0 Å². The van der Waals surface area contributed by atoms with Gasteiger partial charge in [-0.2, -0.15) is 5.10 Å². The third-order valence-corrected chi connectivity index (χ3v) is 5.75. The fourth-order valence-corrected chi connectivity index (χ4v) is 4.19. The van der Waals surface area contributed by atoms with Crippen LogP contribution in [0.2, 0.25) is 0 Å². The van der Waals surface area contributed by atoms with Crippen LogP contribution in [0.5, 0.6) is 5.75 Å². The molecule has 0 aliphatic rings. The second-order valence-electron chi connectivity index (χ2n) is 7.29. The minimum absolute atomic E-state index is 0.0671. The summed E-state index contributed by atoms with van der Waals surface area (Å²) in [6, 6.07) is 11.5. The molecule has 4 aromatic rings. The molecular formula is C22H23N5O2S. The second kappa shape index (κ2) is 8.23. The summed E-state index contributed by atoms with van der Waals surface area (Å²) < 4.78 is 8.07. The molecule has 0 bridgehead atoms. The number of fused-ring (bicyclic) bond motifs is 1. The number of nitrogens with zero attached hydrogens (tertiary/aromatic N) is 5. The first-order valence-electron chi connectivity index (χ1n) is 9.67. The second-order valence-corrected chi connectivity index (χ2v) is 8.30. The monoisotopic (exact) mass is 421 g/mol. The first-order chi connectivity index (χ1) is 14.5. The highest BCUT2D eigenvalue weighted by molar-refractivity contribution is 7.22. The smallest absolute Gasteiger partial charge is 0.278 e. The molecule has 0 saturated carbocycles. The fourth-order valence-electron chi connectivity index (χ4n) is 3.25. The number of carbonyl (C=O) groups is 1. The van der Waals surface area contributed by atoms with E-state index in [9.17, 15) is 4.79 Å². The average Bonchev–Trinajstić information content (AvgIpc) is 3.35. The third kappa shape index (κ3) is 3.91. The standard InChI is InChI=1S/C22H23N5O2S/c1-14(2)27-19(10-15(3)25-27)21(28)26(13-16-6-5-9-23-12-16)22-24-18-11-17(29-4)7-8-20(18)30-22/h5-12,14H,13H2,1-4H3. The van der Waals surface area contributed by atoms with E-state index in [1.807, 2.05) is 57.2 Å². The van der Waals surface area contributed by atoms with Crippen molar-refractivity contribution in [1.29, 1.82) is 0 Å². The number of methoxy groups -OCH3 is 1. The lowest BCUT2D eigenvalue weighted by atomic mass is 10.2. The zero-order valence-corrected chi connectivity index (χ0v) is 18.2. The van der Waals surface area contributed by atoms with Gasteiger partial charge in [0, 0.05) is 24.5 Å². The number of aryl methyl sites for hydroxylation is 1. The molecule has 0 fully saturated rings. The number of benzene rings is 1. The van der Waals surface area contributed by atoms with Crippen LogP contribution in [-0.4, -0.2) is 32.8 Å². The SMILES string of the molecule is COc1ccc2sc(N(Cc3cccnc3)C(=O)c3cc(C)nn3C(C)C)nc2c1. The highest BCUT2D eigenvalue weighted by Gasteiger charge is 2.26. The van der Waals surface area contributed by atoms with Crippen molar-refractivity contribution in [3.05, 3.63) is 65.7 Å². The van der Waals surface area contributed by atoms with Crippen LogP contribution in [0.3, 0.4) is 0 Å². The zero-order valence-electron chi connectivity index (χ0n) is 17.4. The Labute approximate surface area is 179 Å². The number of ether oxygens (including phenoxy) is 1. The summed E-state index contributed by atoms with van der Waals surface area (Å²) in [5.74, 6) is 0.595. The molecule has 1 aromatic carbocycles. The summed E-state index contributed by atoms with van der Waals surface area (Å²) in [5.41, 5.74) is 3.08. The van der Waals surface area contributed by atoms with E-state index in [0.717, 1.165) is 27.2 Å². The highest BCUT2D eigenvalue weighted by Crippen LogP contribution is 2.33. The third-order valence-electron chi connectivity index (χ3n) is 4.69. The molecule has 3 heterocycles. The molecule has 0 atom stereocenters. The minimum Gasteiger partial charge on any atom is -0.497 e. The van der Waals surface area contributed by atoms with Gasteiger partial charge in [0.1, 0.15) is 11.4 Å². The molecule has 1 amide bonds. The van der Waals surface area contributed by atoms with Gasteiger partial charge < -0.3 is 4.74 Å². The average molecular weight is 422 g/mol. The summed E-state index contributed by atoms with van der Waals surface area (Å²) >= 11 is 1.48. The lowest BCUT2D eigenvalue weighted by Gasteiger charge is -2.21. The molecule has 154 valence electrons. The minimum atomic E-state index is -0.140. The van der Waals surface area contributed by atoms with E-state index < -0.39 is 0 Å². The Morgan fingerprint density at radius 2 is 2.10 bits per heavy atom. The summed E-state index contributed by atoms with van der Waals surface area (Å²) in [5, 5.41) is 5.13. The number of rotatable bonds is 6. The summed E-state index contributed by atoms with van der Waals surface area (Å²) in [4.78, 5) is 24.3. The van der Waals surface area contributed by atoms with Gasteiger partial charge in [0.25, 0.3) is 5.91 Å². The Hall–Kier alpha value is -3.26. The predicted octanol–water partition coefficient (Wildman–Crippen LogP) is 4.63. The fraction of sp³-hybridized carbons (Fsp3) is 0.273. The lowest BCUT2D eigenvalue weighted by molar-refractivity contribution is 0.0973. The van der Waals surface area contributed by atoms with Gasteiger partial charge in [-0.15, -0.1) is 0 Å². The zero-order chi connectivity index (χ0) is 21.3. The van der Waals surface area contributed by atoms with Gasteiger partial charge in [0.05, 0.1) is 29.6 Å². The Bertz CT molecular complexity index is 1180. The van der Waals surface area contributed by atoms with Crippen molar-refractivity contribution in [2.24, 2.45) is 0 Å². The molecule has 0 unspecified atom stereocenters. The number of hydrogen-bond donors (Lipinski definition) is 0. The first kappa shape index (κ1) is 20.0. The number of carbonyl (C=O) groups excluding carboxylic acids is 1. The topological polar surface area (TPSA) is 73.1 Å². The molecule has 0 aliphatic carbocycles. The van der Waals surface area contributed by atoms with E-state index in [-0.39, 0.29) is 11.9 Å². The van der Waals surface area contributed by atoms with Crippen molar-refractivity contribution in [3.63, 3.8) is 0 Å². The Kier molecular flexibility index (Phi) is 5.50. The lowest BCUT2D eigenvalue weighted by Crippen LogP contribution is -2.32. The largest absolute Gasteiger partial charge is 0.497 e. The maximum Gasteiger partial charge on any atom is 0.278 e. The highest BCUT2D eigenvalue weighted by atomic mass is 32.1. The van der Waals surface area contributed by atoms with Crippen LogP contribution in [0.15, 0.2) is 48.8 Å². The van der Waals surface area contributed by atoms with Gasteiger partial charge in [-0.3, -0.25) is 19.4 Å². The van der Waals surface area contributed by atoms with Crippen molar-refractivity contribution in [3.8, 4) is 5.75 Å². The van der Waals surface area contributed by atoms with Crippen LogP contribution in [0.25, 0.3) is 10.2 Å². The number of aromatic nitrogens is 4. The molecule has 8 heteroatoms. The Morgan fingerprint density at radius 1 is 1.27 bits per heavy atom. The maximum absolute atomic E-state index is 13.7. The maximum atomic E-state index is 13.7. The Morgan fingerprint density at radius 3 is 2.80 bits per heavy atom. The van der Waals surface area contributed by atoms with E-state index in [4.69, 9.17) is 9.72 Å². The number of thiazole rings is 1. The van der Waals surface area contributed by atoms with E-state index in [1.165, 1.54) is 11.3 Å². The molecule has 3 aromatic heterocycles. The van der Waals surface area contributed by atoms with Crippen molar-refractivity contribution in [2.75, 3.05) is 12.0 Å². The molecular weight excluding hydrogens is 398 g/mol. The van der Waals surface area contributed by atoms with Crippen molar-refractivity contribution in [2.45, 2.75) is 33.4 Å². The van der Waals surface area contributed by atoms with E-state index in [2.05, 4.69) is 10.1 Å². The van der Waals surface area contributed by atoms with Crippen LogP contribution >= 0.6 is 11.3 Å². The summed E-state index contributed by atoms with van der Waals surface area (Å²) in [7, 11) is 1.63. The number of anilines is 1. The van der Waals surface area contributed by atoms with Gasteiger partial charge in [-0.05, 0) is 50.6 Å². The van der Waals surface area contributed by atoms with Crippen LogP contribution in [0.4, 0.5) is 5.13 Å². The van der Waals surface area contributed by atoms with Gasteiger partial charge in [-0.25, -0.2) is 4.98 Å². The summed E-state index contributed by atoms with van der Waals surface area (Å²) in [6.07, 6.45) is 3.48. The normalized spacial score (nSPS) is 11.2. The van der Waals surface area contributed by atoms with E-state index in [1.54, 1.807) is 29.1 Å². The molecule has 7 nitrogen and oxygen atoms in total. The summed E-state index contributed by atoms with van der Waals surface area (Å²) in [6.45, 7) is 6.29. The quantitative estimate of drug-likeness (QED) is 0.454. The van der Waals surface area contributed by atoms with Crippen molar-refractivity contribution < 1.29 is 9.53 Å². The predicted molar refractivity (Wildman–Crippen MR) is 118 cm³/mol.